The zero-order valence-electron chi connectivity index (χ0n) is 11.7. The van der Waals surface area contributed by atoms with Crippen LogP contribution in [-0.2, 0) is 5.75 Å². The van der Waals surface area contributed by atoms with Crippen LogP contribution in [0.1, 0.15) is 49.7 Å². The highest BCUT2D eigenvalue weighted by Gasteiger charge is 2.13. The van der Waals surface area contributed by atoms with Crippen molar-refractivity contribution in [2.45, 2.75) is 49.5 Å². The fourth-order valence-corrected chi connectivity index (χ4v) is 3.73. The maximum absolute atomic E-state index is 13.6. The molecule has 1 fully saturated rings. The molecule has 1 aromatic carbocycles. The highest BCUT2D eigenvalue weighted by molar-refractivity contribution is 7.99. The van der Waals surface area contributed by atoms with E-state index in [4.69, 9.17) is 5.11 Å². The second-order valence-corrected chi connectivity index (χ2v) is 6.48. The minimum Gasteiger partial charge on any atom is -0.395 e. The fourth-order valence-electron chi connectivity index (χ4n) is 2.47. The number of halogens is 1. The summed E-state index contributed by atoms with van der Waals surface area (Å²) in [7, 11) is 0. The third-order valence-electron chi connectivity index (χ3n) is 3.47. The molecule has 1 saturated carbocycles. The molecule has 2 rings (SSSR count). The topological polar surface area (TPSA) is 20.2 Å². The average molecular weight is 292 g/mol. The number of hydrogen-bond donors (Lipinski definition) is 1. The first-order chi connectivity index (χ1) is 9.78. The molecule has 3 heteroatoms. The second-order valence-electron chi connectivity index (χ2n) is 5.19. The molecule has 0 heterocycles. The third-order valence-corrected chi connectivity index (χ3v) is 4.91. The van der Waals surface area contributed by atoms with E-state index in [9.17, 15) is 4.39 Å². The van der Waals surface area contributed by atoms with Crippen molar-refractivity contribution in [2.75, 3.05) is 6.61 Å². The molecule has 0 bridgehead atoms. The molecular formula is C17H21FOS. The molecule has 1 nitrogen and oxygen atoms in total. The Labute approximate surface area is 125 Å². The van der Waals surface area contributed by atoms with Gasteiger partial charge in [0.2, 0.25) is 0 Å². The molecule has 1 N–H and O–H groups in total. The van der Waals surface area contributed by atoms with E-state index in [1.807, 2.05) is 17.8 Å². The molecule has 0 atom stereocenters. The van der Waals surface area contributed by atoms with Gasteiger partial charge in [-0.1, -0.05) is 31.1 Å². The minimum atomic E-state index is -0.222. The van der Waals surface area contributed by atoms with E-state index in [1.54, 1.807) is 6.07 Å². The molecule has 0 spiro atoms. The van der Waals surface area contributed by atoms with E-state index >= 15 is 0 Å². The summed E-state index contributed by atoms with van der Waals surface area (Å²) in [5.41, 5.74) is 1.71. The summed E-state index contributed by atoms with van der Waals surface area (Å²) < 4.78 is 13.6. The van der Waals surface area contributed by atoms with Crippen molar-refractivity contribution in [1.82, 2.24) is 0 Å². The van der Waals surface area contributed by atoms with Crippen molar-refractivity contribution in [1.29, 1.82) is 0 Å². The lowest BCUT2D eigenvalue weighted by molar-refractivity contribution is 0.305. The summed E-state index contributed by atoms with van der Waals surface area (Å²) in [5.74, 6) is 6.38. The van der Waals surface area contributed by atoms with Gasteiger partial charge in [-0.2, -0.15) is 11.8 Å². The zero-order valence-corrected chi connectivity index (χ0v) is 12.5. The molecule has 1 aliphatic carbocycles. The van der Waals surface area contributed by atoms with Gasteiger partial charge < -0.3 is 5.11 Å². The number of rotatable bonds is 4. The van der Waals surface area contributed by atoms with Gasteiger partial charge in [-0.3, -0.25) is 0 Å². The third kappa shape index (κ3) is 5.19. The van der Waals surface area contributed by atoms with Gasteiger partial charge in [0.15, 0.2) is 0 Å². The lowest BCUT2D eigenvalue weighted by Gasteiger charge is -2.20. The van der Waals surface area contributed by atoms with Gasteiger partial charge in [0, 0.05) is 23.0 Å². The van der Waals surface area contributed by atoms with Gasteiger partial charge in [0.1, 0.15) is 5.82 Å². The molecule has 1 aromatic rings. The molecule has 1 aliphatic rings. The summed E-state index contributed by atoms with van der Waals surface area (Å²) in [4.78, 5) is 0. The van der Waals surface area contributed by atoms with Crippen molar-refractivity contribution in [3.05, 3.63) is 35.1 Å². The number of aliphatic hydroxyl groups is 1. The maximum atomic E-state index is 13.6. The van der Waals surface area contributed by atoms with Gasteiger partial charge in [0.05, 0.1) is 6.61 Å². The minimum absolute atomic E-state index is 0.0483. The Kier molecular flexibility index (Phi) is 6.42. The Balaban J connectivity index is 1.95. The first-order valence-electron chi connectivity index (χ1n) is 7.29. The number of benzene rings is 1. The first kappa shape index (κ1) is 15.4. The molecule has 108 valence electrons. The maximum Gasteiger partial charge on any atom is 0.124 e. The van der Waals surface area contributed by atoms with E-state index in [0.717, 1.165) is 16.6 Å². The van der Waals surface area contributed by atoms with Crippen LogP contribution >= 0.6 is 11.8 Å². The van der Waals surface area contributed by atoms with Crippen LogP contribution in [0, 0.1) is 17.7 Å². The quantitative estimate of drug-likeness (QED) is 0.842. The van der Waals surface area contributed by atoms with Gasteiger partial charge in [-0.05, 0) is 36.6 Å². The van der Waals surface area contributed by atoms with Crippen LogP contribution in [0.4, 0.5) is 4.39 Å². The smallest absolute Gasteiger partial charge is 0.124 e. The predicted octanol–water partition coefficient (Wildman–Crippen LogP) is 4.13. The highest BCUT2D eigenvalue weighted by atomic mass is 32.2. The van der Waals surface area contributed by atoms with Crippen molar-refractivity contribution < 1.29 is 9.50 Å². The lowest BCUT2D eigenvalue weighted by atomic mass is 10.0. The lowest BCUT2D eigenvalue weighted by Crippen LogP contribution is -2.08. The van der Waals surface area contributed by atoms with Crippen LogP contribution in [0.5, 0.6) is 0 Å². The van der Waals surface area contributed by atoms with Crippen LogP contribution in [-0.4, -0.2) is 17.0 Å². The average Bonchev–Trinajstić information content (AvgIpc) is 2.46. The van der Waals surface area contributed by atoms with Crippen molar-refractivity contribution >= 4 is 11.8 Å². The molecule has 20 heavy (non-hydrogen) atoms. The molecule has 0 aromatic heterocycles. The monoisotopic (exact) mass is 292 g/mol. The van der Waals surface area contributed by atoms with Crippen LogP contribution < -0.4 is 0 Å². The Morgan fingerprint density at radius 2 is 2.00 bits per heavy atom. The Morgan fingerprint density at radius 3 is 2.75 bits per heavy atom. The van der Waals surface area contributed by atoms with Crippen LogP contribution in [0.2, 0.25) is 0 Å². The van der Waals surface area contributed by atoms with Crippen LogP contribution in [0.3, 0.4) is 0 Å². The summed E-state index contributed by atoms with van der Waals surface area (Å²) >= 11 is 1.94. The Bertz CT molecular complexity index is 483. The Hall–Kier alpha value is -0.980. The van der Waals surface area contributed by atoms with Crippen molar-refractivity contribution in [2.24, 2.45) is 0 Å². The summed E-state index contributed by atoms with van der Waals surface area (Å²) in [6.07, 6.45) is 7.05. The summed E-state index contributed by atoms with van der Waals surface area (Å²) in [6.45, 7) is 0.0483. The first-order valence-corrected chi connectivity index (χ1v) is 8.33. The van der Waals surface area contributed by atoms with E-state index in [-0.39, 0.29) is 12.4 Å². The van der Waals surface area contributed by atoms with Gasteiger partial charge in [0.25, 0.3) is 0 Å². The van der Waals surface area contributed by atoms with Gasteiger partial charge in [-0.15, -0.1) is 0 Å². The molecule has 0 saturated heterocycles. The predicted molar refractivity (Wildman–Crippen MR) is 83.1 cm³/mol. The van der Waals surface area contributed by atoms with Crippen LogP contribution in [0.25, 0.3) is 0 Å². The number of hydrogen-bond acceptors (Lipinski definition) is 2. The fraction of sp³-hybridized carbons (Fsp3) is 0.529. The second kappa shape index (κ2) is 8.34. The summed E-state index contributed by atoms with van der Waals surface area (Å²) in [6, 6.07) is 5.02. The van der Waals surface area contributed by atoms with Crippen molar-refractivity contribution in [3.8, 4) is 11.8 Å². The normalized spacial score (nSPS) is 15.7. The zero-order chi connectivity index (χ0) is 14.2. The largest absolute Gasteiger partial charge is 0.395 e. The number of thioether (sulfide) groups is 1. The molecular weight excluding hydrogens is 271 g/mol. The van der Waals surface area contributed by atoms with Gasteiger partial charge in [-0.25, -0.2) is 4.39 Å². The number of aliphatic hydroxyl groups excluding tert-OH is 1. The van der Waals surface area contributed by atoms with Crippen molar-refractivity contribution in [3.63, 3.8) is 0 Å². The van der Waals surface area contributed by atoms with E-state index < -0.39 is 0 Å². The molecule has 0 radical (unpaired) electrons. The standard InChI is InChI=1S/C17H21FOS/c18-16-11-14(6-4-5-9-19)10-15(12-16)13-20-17-7-2-1-3-8-17/h10-12,17,19H,1-3,5,7-9,13H2. The Morgan fingerprint density at radius 1 is 1.20 bits per heavy atom. The van der Waals surface area contributed by atoms with E-state index in [1.165, 1.54) is 38.2 Å². The van der Waals surface area contributed by atoms with E-state index in [0.29, 0.717) is 12.0 Å². The summed E-state index contributed by atoms with van der Waals surface area (Å²) in [5, 5.41) is 9.43. The molecule has 0 unspecified atom stereocenters. The molecule has 0 aliphatic heterocycles. The highest BCUT2D eigenvalue weighted by Crippen LogP contribution is 2.30. The van der Waals surface area contributed by atoms with E-state index in [2.05, 4.69) is 11.8 Å². The van der Waals surface area contributed by atoms with Gasteiger partial charge >= 0.3 is 0 Å². The molecule has 0 amide bonds. The SMILES string of the molecule is OCCC#Cc1cc(F)cc(CSC2CCCCC2)c1. The van der Waals surface area contributed by atoms with Crippen LogP contribution in [0.15, 0.2) is 18.2 Å².